The molecule has 2 aliphatic rings. The first-order valence-corrected chi connectivity index (χ1v) is 6.79. The second-order valence-electron chi connectivity index (χ2n) is 5.52. The Balaban J connectivity index is 1.75. The van der Waals surface area contributed by atoms with Crippen molar-refractivity contribution in [3.63, 3.8) is 0 Å². The lowest BCUT2D eigenvalue weighted by atomic mass is 9.77. The Morgan fingerprint density at radius 3 is 2.35 bits per heavy atom. The first-order chi connectivity index (χ1) is 8.22. The molecule has 0 spiro atoms. The molecule has 2 saturated carbocycles. The molecule has 2 fully saturated rings. The van der Waals surface area contributed by atoms with Crippen LogP contribution in [0.25, 0.3) is 0 Å². The molecule has 4 atom stereocenters. The van der Waals surface area contributed by atoms with E-state index < -0.39 is 5.97 Å². The molecule has 0 bridgehead atoms. The maximum absolute atomic E-state index is 10.9. The zero-order chi connectivity index (χ0) is 12.3. The van der Waals surface area contributed by atoms with Gasteiger partial charge in [0.1, 0.15) is 0 Å². The highest BCUT2D eigenvalue weighted by molar-refractivity contribution is 5.72. The molecular formula is C13H23NO3. The minimum atomic E-state index is -0.670. The van der Waals surface area contributed by atoms with Crippen LogP contribution in [0.3, 0.4) is 0 Å². The molecule has 0 radical (unpaired) electrons. The molecule has 0 saturated heterocycles. The van der Waals surface area contributed by atoms with E-state index in [1.165, 1.54) is 19.3 Å². The monoisotopic (exact) mass is 241 g/mol. The molecule has 98 valence electrons. The van der Waals surface area contributed by atoms with Crippen LogP contribution in [0.2, 0.25) is 0 Å². The second kappa shape index (κ2) is 5.83. The lowest BCUT2D eigenvalue weighted by Gasteiger charge is -2.37. The standard InChI is InChI=1S/C13H23NO3/c15-8-10-4-2-1-3-9(10)7-14-12-6-5-11(12)13(16)17/h9-12,14-15H,1-8H2,(H,16,17). The summed E-state index contributed by atoms with van der Waals surface area (Å²) in [7, 11) is 0. The van der Waals surface area contributed by atoms with Gasteiger partial charge in [-0.2, -0.15) is 0 Å². The van der Waals surface area contributed by atoms with Crippen LogP contribution < -0.4 is 5.32 Å². The van der Waals surface area contributed by atoms with Crippen molar-refractivity contribution >= 4 is 5.97 Å². The van der Waals surface area contributed by atoms with E-state index in [9.17, 15) is 9.90 Å². The Kier molecular flexibility index (Phi) is 4.40. The van der Waals surface area contributed by atoms with E-state index in [0.29, 0.717) is 11.8 Å². The maximum Gasteiger partial charge on any atom is 0.308 e. The molecule has 4 nitrogen and oxygen atoms in total. The van der Waals surface area contributed by atoms with Crippen molar-refractivity contribution in [1.29, 1.82) is 0 Å². The summed E-state index contributed by atoms with van der Waals surface area (Å²) in [5.74, 6) is 0.0886. The van der Waals surface area contributed by atoms with E-state index in [1.54, 1.807) is 0 Å². The SMILES string of the molecule is O=C(O)C1CCC1NCC1CCCCC1CO. The number of hydrogen-bond acceptors (Lipinski definition) is 3. The fourth-order valence-corrected chi connectivity index (χ4v) is 3.14. The Morgan fingerprint density at radius 2 is 1.82 bits per heavy atom. The van der Waals surface area contributed by atoms with E-state index in [1.807, 2.05) is 0 Å². The second-order valence-corrected chi connectivity index (χ2v) is 5.52. The number of hydrogen-bond donors (Lipinski definition) is 3. The van der Waals surface area contributed by atoms with E-state index >= 15 is 0 Å². The number of carboxylic acid groups (broad SMARTS) is 1. The minimum absolute atomic E-state index is 0.161. The van der Waals surface area contributed by atoms with E-state index in [4.69, 9.17) is 5.11 Å². The Hall–Kier alpha value is -0.610. The molecule has 0 amide bonds. The molecule has 0 aliphatic heterocycles. The van der Waals surface area contributed by atoms with E-state index in [2.05, 4.69) is 5.32 Å². The number of aliphatic hydroxyl groups is 1. The highest BCUT2D eigenvalue weighted by atomic mass is 16.4. The maximum atomic E-state index is 10.9. The van der Waals surface area contributed by atoms with Gasteiger partial charge in [0.2, 0.25) is 0 Å². The summed E-state index contributed by atoms with van der Waals surface area (Å²) in [6.45, 7) is 1.15. The van der Waals surface area contributed by atoms with Crippen molar-refractivity contribution in [3.8, 4) is 0 Å². The molecule has 0 aromatic carbocycles. The van der Waals surface area contributed by atoms with Crippen LogP contribution in [-0.4, -0.2) is 35.4 Å². The van der Waals surface area contributed by atoms with Gasteiger partial charge in [-0.1, -0.05) is 12.8 Å². The fourth-order valence-electron chi connectivity index (χ4n) is 3.14. The summed E-state index contributed by atoms with van der Waals surface area (Å²) < 4.78 is 0. The first-order valence-electron chi connectivity index (χ1n) is 6.79. The highest BCUT2D eigenvalue weighted by Gasteiger charge is 2.37. The molecule has 0 aromatic heterocycles. The number of nitrogens with one attached hydrogen (secondary N) is 1. The topological polar surface area (TPSA) is 69.6 Å². The van der Waals surface area contributed by atoms with Crippen LogP contribution in [0.4, 0.5) is 0 Å². The lowest BCUT2D eigenvalue weighted by molar-refractivity contribution is -0.146. The third kappa shape index (κ3) is 2.99. The van der Waals surface area contributed by atoms with Crippen molar-refractivity contribution in [2.75, 3.05) is 13.2 Å². The zero-order valence-electron chi connectivity index (χ0n) is 10.3. The predicted octanol–water partition coefficient (Wildman–Crippen LogP) is 1.24. The lowest BCUT2D eigenvalue weighted by Crippen LogP contribution is -2.49. The Bertz CT molecular complexity index is 269. The van der Waals surface area contributed by atoms with Crippen molar-refractivity contribution in [2.24, 2.45) is 17.8 Å². The van der Waals surface area contributed by atoms with Crippen LogP contribution >= 0.6 is 0 Å². The molecule has 2 aliphatic carbocycles. The minimum Gasteiger partial charge on any atom is -0.481 e. The summed E-state index contributed by atoms with van der Waals surface area (Å²) in [5, 5.41) is 21.7. The normalized spacial score (nSPS) is 37.5. The first kappa shape index (κ1) is 12.8. The number of carboxylic acids is 1. The van der Waals surface area contributed by atoms with Gasteiger partial charge in [0, 0.05) is 12.6 Å². The van der Waals surface area contributed by atoms with Crippen LogP contribution in [0.5, 0.6) is 0 Å². The van der Waals surface area contributed by atoms with Gasteiger partial charge in [-0.25, -0.2) is 0 Å². The Labute approximate surface area is 102 Å². The number of rotatable bonds is 5. The average molecular weight is 241 g/mol. The molecule has 0 aromatic rings. The van der Waals surface area contributed by atoms with Gasteiger partial charge < -0.3 is 15.5 Å². The molecule has 17 heavy (non-hydrogen) atoms. The van der Waals surface area contributed by atoms with Gasteiger partial charge >= 0.3 is 5.97 Å². The van der Waals surface area contributed by atoms with Crippen LogP contribution in [-0.2, 0) is 4.79 Å². The van der Waals surface area contributed by atoms with Crippen LogP contribution in [0, 0.1) is 17.8 Å². The predicted molar refractivity (Wildman–Crippen MR) is 64.7 cm³/mol. The Morgan fingerprint density at radius 1 is 1.12 bits per heavy atom. The molecule has 0 heterocycles. The van der Waals surface area contributed by atoms with Crippen LogP contribution in [0.15, 0.2) is 0 Å². The van der Waals surface area contributed by atoms with Gasteiger partial charge in [0.05, 0.1) is 5.92 Å². The van der Waals surface area contributed by atoms with Crippen molar-refractivity contribution in [3.05, 3.63) is 0 Å². The molecular weight excluding hydrogens is 218 g/mol. The molecule has 4 heteroatoms. The molecule has 3 N–H and O–H groups in total. The number of aliphatic carboxylic acids is 1. The average Bonchev–Trinajstić information content (AvgIpc) is 2.27. The van der Waals surface area contributed by atoms with Crippen molar-refractivity contribution in [1.82, 2.24) is 5.32 Å². The fraction of sp³-hybridized carbons (Fsp3) is 0.923. The van der Waals surface area contributed by atoms with E-state index in [0.717, 1.165) is 25.8 Å². The zero-order valence-corrected chi connectivity index (χ0v) is 10.3. The van der Waals surface area contributed by atoms with Gasteiger partial charge in [0.25, 0.3) is 0 Å². The van der Waals surface area contributed by atoms with Gasteiger partial charge in [-0.15, -0.1) is 0 Å². The van der Waals surface area contributed by atoms with Crippen molar-refractivity contribution in [2.45, 2.75) is 44.6 Å². The largest absolute Gasteiger partial charge is 0.481 e. The summed E-state index contributed by atoms with van der Waals surface area (Å²) in [4.78, 5) is 10.9. The number of aliphatic hydroxyl groups excluding tert-OH is 1. The van der Waals surface area contributed by atoms with Gasteiger partial charge in [-0.05, 0) is 44.1 Å². The van der Waals surface area contributed by atoms with Gasteiger partial charge in [0.15, 0.2) is 0 Å². The third-order valence-electron chi connectivity index (χ3n) is 4.53. The third-order valence-corrected chi connectivity index (χ3v) is 4.53. The van der Waals surface area contributed by atoms with Gasteiger partial charge in [-0.3, -0.25) is 4.79 Å². The summed E-state index contributed by atoms with van der Waals surface area (Å²) in [6, 6.07) is 0.161. The van der Waals surface area contributed by atoms with Crippen molar-refractivity contribution < 1.29 is 15.0 Å². The molecule has 4 unspecified atom stereocenters. The van der Waals surface area contributed by atoms with Crippen LogP contribution in [0.1, 0.15) is 38.5 Å². The summed E-state index contributed by atoms with van der Waals surface area (Å²) in [5.41, 5.74) is 0. The summed E-state index contributed by atoms with van der Waals surface area (Å²) >= 11 is 0. The highest BCUT2D eigenvalue weighted by Crippen LogP contribution is 2.31. The van der Waals surface area contributed by atoms with E-state index in [-0.39, 0.29) is 18.6 Å². The smallest absolute Gasteiger partial charge is 0.308 e. The number of carbonyl (C=O) groups is 1. The molecule has 2 rings (SSSR count). The quantitative estimate of drug-likeness (QED) is 0.677. The summed E-state index contributed by atoms with van der Waals surface area (Å²) in [6.07, 6.45) is 6.55.